The molecule has 1 aromatic carbocycles. The number of H-pyrrole nitrogens is 1. The first-order valence-corrected chi connectivity index (χ1v) is 6.10. The fourth-order valence-corrected chi connectivity index (χ4v) is 2.06. The van der Waals surface area contributed by atoms with Gasteiger partial charge in [-0.2, -0.15) is 0 Å². The Hall–Kier alpha value is -2.33. The van der Waals surface area contributed by atoms with E-state index in [9.17, 15) is 4.79 Å². The van der Waals surface area contributed by atoms with E-state index in [2.05, 4.69) is 10.1 Å². The van der Waals surface area contributed by atoms with Crippen molar-refractivity contribution < 1.29 is 0 Å². The second-order valence-electron chi connectivity index (χ2n) is 4.07. The second kappa shape index (κ2) is 4.74. The van der Waals surface area contributed by atoms with Crippen molar-refractivity contribution in [1.82, 2.24) is 14.8 Å². The minimum atomic E-state index is -0.138. The quantitative estimate of drug-likeness (QED) is 0.779. The molecule has 0 unspecified atom stereocenters. The van der Waals surface area contributed by atoms with Crippen molar-refractivity contribution in [3.8, 4) is 16.9 Å². The van der Waals surface area contributed by atoms with Crippen molar-refractivity contribution in [2.75, 3.05) is 0 Å². The molecule has 0 aliphatic rings. The molecule has 19 heavy (non-hydrogen) atoms. The molecule has 0 spiro atoms. The van der Waals surface area contributed by atoms with E-state index in [1.807, 2.05) is 18.2 Å². The normalized spacial score (nSPS) is 10.6. The summed E-state index contributed by atoms with van der Waals surface area (Å²) in [5.74, 6) is 0. The molecule has 2 heterocycles. The summed E-state index contributed by atoms with van der Waals surface area (Å²) in [4.78, 5) is 16.0. The summed E-state index contributed by atoms with van der Waals surface area (Å²) in [6.45, 7) is 0. The molecule has 3 aromatic rings. The summed E-state index contributed by atoms with van der Waals surface area (Å²) in [6.07, 6.45) is 3.39. The Balaban J connectivity index is 2.10. The molecule has 5 heteroatoms. The minimum absolute atomic E-state index is 0.138. The van der Waals surface area contributed by atoms with Crippen LogP contribution in [-0.2, 0) is 0 Å². The highest BCUT2D eigenvalue weighted by molar-refractivity contribution is 6.30. The first kappa shape index (κ1) is 11.7. The van der Waals surface area contributed by atoms with Crippen molar-refractivity contribution in [2.45, 2.75) is 0 Å². The topological polar surface area (TPSA) is 50.7 Å². The van der Waals surface area contributed by atoms with Gasteiger partial charge >= 0.3 is 0 Å². The minimum Gasteiger partial charge on any atom is -0.290 e. The predicted molar refractivity (Wildman–Crippen MR) is 74.6 cm³/mol. The summed E-state index contributed by atoms with van der Waals surface area (Å²) in [6, 6.07) is 12.4. The van der Waals surface area contributed by atoms with E-state index in [4.69, 9.17) is 11.6 Å². The Morgan fingerprint density at radius 3 is 2.79 bits per heavy atom. The van der Waals surface area contributed by atoms with Crippen LogP contribution in [-0.4, -0.2) is 14.8 Å². The highest BCUT2D eigenvalue weighted by atomic mass is 35.5. The van der Waals surface area contributed by atoms with Crippen LogP contribution in [0.15, 0.2) is 59.7 Å². The van der Waals surface area contributed by atoms with Crippen molar-refractivity contribution in [1.29, 1.82) is 0 Å². The van der Waals surface area contributed by atoms with Crippen LogP contribution >= 0.6 is 11.6 Å². The van der Waals surface area contributed by atoms with Crippen LogP contribution in [0.25, 0.3) is 16.9 Å². The number of hydrogen-bond acceptors (Lipinski definition) is 2. The molecule has 2 aromatic heterocycles. The third kappa shape index (κ3) is 2.30. The van der Waals surface area contributed by atoms with Crippen molar-refractivity contribution in [3.05, 3.63) is 70.2 Å². The lowest BCUT2D eigenvalue weighted by atomic mass is 10.2. The number of nitrogens with zero attached hydrogens (tertiary/aromatic N) is 2. The van der Waals surface area contributed by atoms with Gasteiger partial charge < -0.3 is 0 Å². The zero-order valence-electron chi connectivity index (χ0n) is 9.88. The van der Waals surface area contributed by atoms with Gasteiger partial charge in [-0.3, -0.25) is 14.9 Å². The zero-order chi connectivity index (χ0) is 13.2. The van der Waals surface area contributed by atoms with Crippen LogP contribution in [0.4, 0.5) is 0 Å². The van der Waals surface area contributed by atoms with E-state index >= 15 is 0 Å². The van der Waals surface area contributed by atoms with Crippen molar-refractivity contribution in [2.24, 2.45) is 0 Å². The van der Waals surface area contributed by atoms with E-state index in [1.165, 1.54) is 10.7 Å². The number of nitrogens with one attached hydrogen (secondary N) is 1. The molecule has 0 saturated carbocycles. The molecule has 4 nitrogen and oxygen atoms in total. The fraction of sp³-hybridized carbons (Fsp3) is 0. The third-order valence-electron chi connectivity index (χ3n) is 2.76. The number of benzene rings is 1. The van der Waals surface area contributed by atoms with Crippen LogP contribution < -0.4 is 5.56 Å². The lowest BCUT2D eigenvalue weighted by molar-refractivity contribution is 0.852. The first-order chi connectivity index (χ1) is 9.24. The average Bonchev–Trinajstić information content (AvgIpc) is 2.82. The van der Waals surface area contributed by atoms with Gasteiger partial charge in [0.2, 0.25) is 0 Å². The molecule has 0 bridgehead atoms. The summed E-state index contributed by atoms with van der Waals surface area (Å²) in [5.41, 5.74) is 2.15. The van der Waals surface area contributed by atoms with Crippen LogP contribution in [0.3, 0.4) is 0 Å². The molecule has 0 amide bonds. The highest BCUT2D eigenvalue weighted by Gasteiger charge is 2.07. The van der Waals surface area contributed by atoms with E-state index in [0.29, 0.717) is 10.7 Å². The van der Waals surface area contributed by atoms with Crippen LogP contribution in [0.2, 0.25) is 5.02 Å². The van der Waals surface area contributed by atoms with Crippen LogP contribution in [0.5, 0.6) is 0 Å². The van der Waals surface area contributed by atoms with Gasteiger partial charge in [0.05, 0.1) is 11.4 Å². The Bertz CT molecular complexity index is 762. The van der Waals surface area contributed by atoms with Gasteiger partial charge in [-0.1, -0.05) is 17.7 Å². The number of aromatic nitrogens is 3. The summed E-state index contributed by atoms with van der Waals surface area (Å²) < 4.78 is 1.45. The fourth-order valence-electron chi connectivity index (χ4n) is 1.87. The van der Waals surface area contributed by atoms with Gasteiger partial charge in [0.1, 0.15) is 0 Å². The monoisotopic (exact) mass is 271 g/mol. The zero-order valence-corrected chi connectivity index (χ0v) is 10.6. The summed E-state index contributed by atoms with van der Waals surface area (Å²) in [5, 5.41) is 3.63. The lowest BCUT2D eigenvalue weighted by Gasteiger charge is -2.02. The predicted octanol–water partition coefficient (Wildman–Crippen LogP) is 2.88. The van der Waals surface area contributed by atoms with E-state index in [1.54, 1.807) is 30.6 Å². The molecular formula is C14H10ClN3O. The molecule has 0 aliphatic heterocycles. The van der Waals surface area contributed by atoms with Gasteiger partial charge in [0.25, 0.3) is 5.56 Å². The van der Waals surface area contributed by atoms with E-state index in [-0.39, 0.29) is 5.56 Å². The van der Waals surface area contributed by atoms with Gasteiger partial charge in [-0.25, -0.2) is 4.68 Å². The maximum absolute atomic E-state index is 12.0. The molecular weight excluding hydrogens is 262 g/mol. The van der Waals surface area contributed by atoms with Gasteiger partial charge in [-0.15, -0.1) is 0 Å². The van der Waals surface area contributed by atoms with E-state index < -0.39 is 0 Å². The molecule has 1 N–H and O–H groups in total. The number of aromatic amines is 1. The highest BCUT2D eigenvalue weighted by Crippen LogP contribution is 2.16. The summed E-state index contributed by atoms with van der Waals surface area (Å²) in [7, 11) is 0. The number of halogens is 1. The van der Waals surface area contributed by atoms with Crippen molar-refractivity contribution in [3.63, 3.8) is 0 Å². The molecule has 0 atom stereocenters. The standard InChI is InChI=1S/C14H10ClN3O/c15-11-4-1-5-12(7-11)18-14(19)8-13(17-18)10-3-2-6-16-9-10/h1-9,17H. The number of hydrogen-bond donors (Lipinski definition) is 1. The molecule has 0 aliphatic carbocycles. The Morgan fingerprint density at radius 1 is 1.16 bits per heavy atom. The molecule has 0 saturated heterocycles. The summed E-state index contributed by atoms with van der Waals surface area (Å²) >= 11 is 5.93. The second-order valence-corrected chi connectivity index (χ2v) is 4.50. The smallest absolute Gasteiger partial charge is 0.271 e. The molecule has 0 fully saturated rings. The Kier molecular flexibility index (Phi) is 2.93. The van der Waals surface area contributed by atoms with Crippen LogP contribution in [0.1, 0.15) is 0 Å². The Labute approximate surface area is 114 Å². The third-order valence-corrected chi connectivity index (χ3v) is 2.99. The lowest BCUT2D eigenvalue weighted by Crippen LogP contribution is -2.13. The van der Waals surface area contributed by atoms with Gasteiger partial charge in [0, 0.05) is 29.0 Å². The number of pyridine rings is 1. The maximum atomic E-state index is 12.0. The molecule has 0 radical (unpaired) electrons. The average molecular weight is 272 g/mol. The molecule has 3 rings (SSSR count). The maximum Gasteiger partial charge on any atom is 0.271 e. The van der Waals surface area contributed by atoms with E-state index in [0.717, 1.165) is 11.3 Å². The number of rotatable bonds is 2. The first-order valence-electron chi connectivity index (χ1n) is 5.72. The Morgan fingerprint density at radius 2 is 2.05 bits per heavy atom. The van der Waals surface area contributed by atoms with Gasteiger partial charge in [0.15, 0.2) is 0 Å². The largest absolute Gasteiger partial charge is 0.290 e. The van der Waals surface area contributed by atoms with Gasteiger partial charge in [-0.05, 0) is 30.3 Å². The molecule has 94 valence electrons. The SMILES string of the molecule is O=c1cc(-c2cccnc2)[nH]n1-c1cccc(Cl)c1. The van der Waals surface area contributed by atoms with Crippen LogP contribution in [0, 0.1) is 0 Å². The van der Waals surface area contributed by atoms with Crippen molar-refractivity contribution >= 4 is 11.6 Å².